The lowest BCUT2D eigenvalue weighted by atomic mass is 10.0. The first-order valence-corrected chi connectivity index (χ1v) is 9.58. The molecule has 0 heterocycles. The van der Waals surface area contributed by atoms with Crippen LogP contribution in [0.2, 0.25) is 0 Å². The van der Waals surface area contributed by atoms with E-state index in [1.807, 2.05) is 20.8 Å². The van der Waals surface area contributed by atoms with E-state index in [9.17, 15) is 4.21 Å². The molecule has 0 radical (unpaired) electrons. The summed E-state index contributed by atoms with van der Waals surface area (Å²) in [7, 11) is 0.975. The summed E-state index contributed by atoms with van der Waals surface area (Å²) in [6.45, 7) is 7.71. The number of hydrogen-bond donors (Lipinski definition) is 2. The van der Waals surface area contributed by atoms with Gasteiger partial charge in [0.1, 0.15) is 0 Å². The molecule has 1 aliphatic carbocycles. The predicted octanol–water partition coefficient (Wildman–Crippen LogP) is 2.67. The molecule has 2 N–H and O–H groups in total. The summed E-state index contributed by atoms with van der Waals surface area (Å²) in [5, 5.41) is 6.59. The largest absolute Gasteiger partial charge is 0.356 e. The molecule has 1 rings (SSSR count). The van der Waals surface area contributed by atoms with E-state index in [2.05, 4.69) is 15.6 Å². The van der Waals surface area contributed by atoms with E-state index in [0.29, 0.717) is 12.3 Å². The average molecular weight is 316 g/mol. The van der Waals surface area contributed by atoms with Gasteiger partial charge in [0.25, 0.3) is 0 Å². The Kier molecular flexibility index (Phi) is 8.30. The monoisotopic (exact) mass is 315 g/mol. The summed E-state index contributed by atoms with van der Waals surface area (Å²) in [6.07, 6.45) is 8.23. The Bertz CT molecular complexity index is 344. The summed E-state index contributed by atoms with van der Waals surface area (Å²) in [5.74, 6) is 2.44. The van der Waals surface area contributed by atoms with Crippen molar-refractivity contribution in [1.29, 1.82) is 0 Å². The molecule has 0 aliphatic heterocycles. The molecule has 1 saturated carbocycles. The van der Waals surface area contributed by atoms with Crippen molar-refractivity contribution in [3.05, 3.63) is 0 Å². The van der Waals surface area contributed by atoms with Crippen molar-refractivity contribution >= 4 is 16.8 Å². The second-order valence-electron chi connectivity index (χ2n) is 6.88. The highest BCUT2D eigenvalue weighted by molar-refractivity contribution is 7.86. The topological polar surface area (TPSA) is 53.5 Å². The Labute approximate surface area is 133 Å². The van der Waals surface area contributed by atoms with Crippen LogP contribution >= 0.6 is 0 Å². The lowest BCUT2D eigenvalue weighted by molar-refractivity contribution is 0.481. The van der Waals surface area contributed by atoms with Gasteiger partial charge in [-0.25, -0.2) is 0 Å². The van der Waals surface area contributed by atoms with Gasteiger partial charge in [0.2, 0.25) is 0 Å². The van der Waals surface area contributed by atoms with E-state index < -0.39 is 10.8 Å². The predicted molar refractivity (Wildman–Crippen MR) is 93.3 cm³/mol. The quantitative estimate of drug-likeness (QED) is 0.431. The van der Waals surface area contributed by atoms with Crippen molar-refractivity contribution in [3.63, 3.8) is 0 Å². The minimum atomic E-state index is -0.810. The van der Waals surface area contributed by atoms with E-state index in [-0.39, 0.29) is 4.75 Å². The van der Waals surface area contributed by atoms with Crippen LogP contribution in [-0.4, -0.2) is 40.8 Å². The smallest absolute Gasteiger partial charge is 0.191 e. The number of aliphatic imine (C=N–C) groups is 1. The van der Waals surface area contributed by atoms with Gasteiger partial charge >= 0.3 is 0 Å². The third kappa shape index (κ3) is 7.84. The standard InChI is InChI=1S/C16H33N3OS/c1-16(2,3)21(20)13-12-19-15(17-4)18-11-7-10-14-8-5-6-9-14/h14H,5-13H2,1-4H3,(H2,17,18,19). The Morgan fingerprint density at radius 3 is 2.38 bits per heavy atom. The van der Waals surface area contributed by atoms with E-state index in [1.165, 1.54) is 38.5 Å². The second-order valence-corrected chi connectivity index (χ2v) is 9.20. The van der Waals surface area contributed by atoms with Gasteiger partial charge in [0, 0.05) is 41.4 Å². The van der Waals surface area contributed by atoms with Crippen molar-refractivity contribution in [3.8, 4) is 0 Å². The van der Waals surface area contributed by atoms with Crippen LogP contribution in [0.3, 0.4) is 0 Å². The Balaban J connectivity index is 2.10. The number of nitrogens with one attached hydrogen (secondary N) is 2. The summed E-state index contributed by atoms with van der Waals surface area (Å²) in [5.41, 5.74) is 0. The van der Waals surface area contributed by atoms with Gasteiger partial charge < -0.3 is 10.6 Å². The molecule has 0 amide bonds. The van der Waals surface area contributed by atoms with Crippen LogP contribution in [0.25, 0.3) is 0 Å². The highest BCUT2D eigenvalue weighted by Crippen LogP contribution is 2.28. The van der Waals surface area contributed by atoms with Crippen LogP contribution in [0.5, 0.6) is 0 Å². The molecule has 1 unspecified atom stereocenters. The maximum absolute atomic E-state index is 12.0. The van der Waals surface area contributed by atoms with E-state index in [1.54, 1.807) is 7.05 Å². The molecule has 1 atom stereocenters. The van der Waals surface area contributed by atoms with Gasteiger partial charge in [-0.15, -0.1) is 0 Å². The van der Waals surface area contributed by atoms with Crippen LogP contribution in [0.1, 0.15) is 59.3 Å². The third-order valence-electron chi connectivity index (χ3n) is 4.04. The maximum atomic E-state index is 12.0. The molecule has 1 fully saturated rings. The van der Waals surface area contributed by atoms with Gasteiger partial charge in [-0.1, -0.05) is 25.7 Å². The first-order valence-electron chi connectivity index (χ1n) is 8.26. The molecule has 0 bridgehead atoms. The molecular weight excluding hydrogens is 282 g/mol. The van der Waals surface area contributed by atoms with Crippen molar-refractivity contribution in [1.82, 2.24) is 10.6 Å². The van der Waals surface area contributed by atoms with Gasteiger partial charge in [-0.3, -0.25) is 9.20 Å². The molecule has 21 heavy (non-hydrogen) atoms. The van der Waals surface area contributed by atoms with E-state index in [0.717, 1.165) is 18.4 Å². The van der Waals surface area contributed by atoms with Crippen molar-refractivity contribution < 1.29 is 4.21 Å². The van der Waals surface area contributed by atoms with Crippen molar-refractivity contribution in [2.45, 2.75) is 64.0 Å². The van der Waals surface area contributed by atoms with Crippen LogP contribution in [0.4, 0.5) is 0 Å². The van der Waals surface area contributed by atoms with Gasteiger partial charge in [-0.2, -0.15) is 0 Å². The number of rotatable bonds is 7. The molecule has 4 nitrogen and oxygen atoms in total. The van der Waals surface area contributed by atoms with Crippen LogP contribution in [0, 0.1) is 5.92 Å². The van der Waals surface area contributed by atoms with Gasteiger partial charge in [-0.05, 0) is 39.5 Å². The fourth-order valence-electron chi connectivity index (χ4n) is 2.69. The first-order chi connectivity index (χ1) is 9.93. The van der Waals surface area contributed by atoms with Crippen molar-refractivity contribution in [2.24, 2.45) is 10.9 Å². The van der Waals surface area contributed by atoms with Gasteiger partial charge in [0.05, 0.1) is 0 Å². The lowest BCUT2D eigenvalue weighted by Crippen LogP contribution is -2.40. The fraction of sp³-hybridized carbons (Fsp3) is 0.938. The van der Waals surface area contributed by atoms with E-state index >= 15 is 0 Å². The summed E-state index contributed by atoms with van der Waals surface area (Å²) in [6, 6.07) is 0. The highest BCUT2D eigenvalue weighted by Gasteiger charge is 2.18. The van der Waals surface area contributed by atoms with E-state index in [4.69, 9.17) is 0 Å². The molecular formula is C16H33N3OS. The zero-order valence-corrected chi connectivity index (χ0v) is 15.0. The molecule has 1 aliphatic rings. The highest BCUT2D eigenvalue weighted by atomic mass is 32.2. The molecule has 0 aromatic heterocycles. The molecule has 0 aromatic rings. The molecule has 124 valence electrons. The molecule has 0 aromatic carbocycles. The zero-order valence-electron chi connectivity index (χ0n) is 14.2. The summed E-state index contributed by atoms with van der Waals surface area (Å²) >= 11 is 0. The van der Waals surface area contributed by atoms with Gasteiger partial charge in [0.15, 0.2) is 5.96 Å². The summed E-state index contributed by atoms with van der Waals surface area (Å²) < 4.78 is 11.8. The third-order valence-corrected chi connectivity index (χ3v) is 5.98. The Morgan fingerprint density at radius 2 is 1.81 bits per heavy atom. The lowest BCUT2D eigenvalue weighted by Gasteiger charge is -2.18. The normalized spacial score (nSPS) is 18.8. The van der Waals surface area contributed by atoms with Crippen LogP contribution in [-0.2, 0) is 10.8 Å². The second kappa shape index (κ2) is 9.44. The van der Waals surface area contributed by atoms with Crippen molar-refractivity contribution in [2.75, 3.05) is 25.9 Å². The number of guanidine groups is 1. The Morgan fingerprint density at radius 1 is 1.19 bits per heavy atom. The minimum absolute atomic E-state index is 0.139. The first kappa shape index (κ1) is 18.5. The van der Waals surface area contributed by atoms with Crippen LogP contribution in [0.15, 0.2) is 4.99 Å². The maximum Gasteiger partial charge on any atom is 0.191 e. The number of nitrogens with zero attached hydrogens (tertiary/aromatic N) is 1. The fourth-order valence-corrected chi connectivity index (χ4v) is 3.59. The molecule has 5 heteroatoms. The SMILES string of the molecule is CN=C(NCCCC1CCCC1)NCCS(=O)C(C)(C)C. The summed E-state index contributed by atoms with van der Waals surface area (Å²) in [4.78, 5) is 4.21. The van der Waals surface area contributed by atoms with Crippen LogP contribution < -0.4 is 10.6 Å². The molecule has 0 spiro atoms. The zero-order chi connectivity index (χ0) is 15.7. The number of hydrogen-bond acceptors (Lipinski definition) is 2. The minimum Gasteiger partial charge on any atom is -0.356 e. The molecule has 0 saturated heterocycles. The Hall–Kier alpha value is -0.580. The average Bonchev–Trinajstić information content (AvgIpc) is 2.93.